The molecule has 0 radical (unpaired) electrons. The number of hydrogen-bond acceptors (Lipinski definition) is 6. The normalized spacial score (nSPS) is 14.4. The number of nitrogens with one attached hydrogen (secondary N) is 1. The van der Waals surface area contributed by atoms with Crippen LogP contribution in [0.5, 0.6) is 0 Å². The fourth-order valence-corrected chi connectivity index (χ4v) is 3.56. The minimum Gasteiger partial charge on any atom is -0.479 e. The summed E-state index contributed by atoms with van der Waals surface area (Å²) in [6, 6.07) is 0. The van der Waals surface area contributed by atoms with Crippen LogP contribution < -0.4 is 11.1 Å². The molecule has 0 aromatic carbocycles. The van der Waals surface area contributed by atoms with Gasteiger partial charge in [0.1, 0.15) is 12.2 Å². The minimum absolute atomic E-state index is 0.315. The van der Waals surface area contributed by atoms with Crippen molar-refractivity contribution < 1.29 is 40.9 Å². The first-order valence-corrected chi connectivity index (χ1v) is 13.8. The molecule has 1 amide bonds. The smallest absolute Gasteiger partial charge is 0.335 e. The van der Waals surface area contributed by atoms with Crippen molar-refractivity contribution >= 4 is 11.9 Å². The Labute approximate surface area is 212 Å². The molecule has 0 fully saturated rings. The van der Waals surface area contributed by atoms with E-state index in [4.69, 9.17) is 10.2 Å². The van der Waals surface area contributed by atoms with Gasteiger partial charge in [-0.3, -0.25) is 4.79 Å². The Balaban J connectivity index is 0. The van der Waals surface area contributed by atoms with Crippen molar-refractivity contribution in [3.63, 3.8) is 0 Å². The third-order valence-electron chi connectivity index (χ3n) is 5.95. The lowest BCUT2D eigenvalue weighted by molar-refractivity contribution is -0.368. The Morgan fingerprint density at radius 3 is 1.40 bits per heavy atom. The summed E-state index contributed by atoms with van der Waals surface area (Å²) < 4.78 is 0. The van der Waals surface area contributed by atoms with E-state index in [1.165, 1.54) is 77.0 Å². The Morgan fingerprint density at radius 2 is 1.00 bits per heavy atom. The van der Waals surface area contributed by atoms with Gasteiger partial charge in [-0.05, 0) is 19.3 Å². The van der Waals surface area contributed by atoms with Crippen LogP contribution in [0.15, 0.2) is 0 Å². The number of carboxylic acid groups (broad SMARTS) is 1. The van der Waals surface area contributed by atoms with E-state index in [0.29, 0.717) is 6.54 Å². The van der Waals surface area contributed by atoms with Crippen molar-refractivity contribution in [3.05, 3.63) is 0 Å². The molecule has 0 saturated carbocycles. The molecular weight excluding hydrogens is 452 g/mol. The molecule has 9 nitrogen and oxygen atoms in total. The minimum atomic E-state index is -2.28. The number of aliphatic hydroxyl groups excluding tert-OH is 4. The molecular formula is C26H55N2O7+. The maximum absolute atomic E-state index is 11.6. The first kappa shape index (κ1) is 35.9. The van der Waals surface area contributed by atoms with Gasteiger partial charge in [0, 0.05) is 6.54 Å². The molecule has 9 N–H and O–H groups in total. The van der Waals surface area contributed by atoms with E-state index in [1.807, 2.05) is 0 Å². The van der Waals surface area contributed by atoms with Gasteiger partial charge in [-0.1, -0.05) is 97.3 Å². The topological polar surface area (TPSA) is 175 Å². The number of aliphatic hydroxyl groups is 4. The molecule has 0 aliphatic carbocycles. The highest BCUT2D eigenvalue weighted by molar-refractivity contribution is 5.81. The predicted octanol–water partition coefficient (Wildman–Crippen LogP) is 2.14. The number of rotatable bonds is 22. The lowest BCUT2D eigenvalue weighted by Gasteiger charge is -2.23. The van der Waals surface area contributed by atoms with Gasteiger partial charge < -0.3 is 36.6 Å². The molecule has 0 saturated heterocycles. The van der Waals surface area contributed by atoms with Gasteiger partial charge in [0.15, 0.2) is 12.2 Å². The number of aliphatic carboxylic acids is 1. The summed E-state index contributed by atoms with van der Waals surface area (Å²) in [5, 5.41) is 48.5. The van der Waals surface area contributed by atoms with Gasteiger partial charge in [0.25, 0.3) is 5.91 Å². The zero-order chi connectivity index (χ0) is 26.9. The molecule has 9 heteroatoms. The van der Waals surface area contributed by atoms with Crippen molar-refractivity contribution in [2.75, 3.05) is 13.1 Å². The van der Waals surface area contributed by atoms with E-state index in [2.05, 4.69) is 24.9 Å². The third kappa shape index (κ3) is 21.7. The summed E-state index contributed by atoms with van der Waals surface area (Å²) in [6.45, 7) is 5.86. The van der Waals surface area contributed by atoms with Crippen LogP contribution in [0.1, 0.15) is 117 Å². The molecule has 0 aromatic rings. The van der Waals surface area contributed by atoms with Crippen molar-refractivity contribution in [1.29, 1.82) is 0 Å². The van der Waals surface area contributed by atoms with Gasteiger partial charge in [-0.15, -0.1) is 0 Å². The first-order valence-electron chi connectivity index (χ1n) is 13.8. The molecule has 0 bridgehead atoms. The highest BCUT2D eigenvalue weighted by Gasteiger charge is 2.37. The van der Waals surface area contributed by atoms with E-state index < -0.39 is 36.3 Å². The summed E-state index contributed by atoms with van der Waals surface area (Å²) in [5.41, 5.74) is 3.83. The zero-order valence-electron chi connectivity index (χ0n) is 22.3. The van der Waals surface area contributed by atoms with Crippen LogP contribution in [0.2, 0.25) is 0 Å². The highest BCUT2D eigenvalue weighted by Crippen LogP contribution is 2.09. The van der Waals surface area contributed by atoms with Gasteiger partial charge in [0.05, 0.1) is 6.54 Å². The van der Waals surface area contributed by atoms with Gasteiger partial charge in [-0.2, -0.15) is 0 Å². The Kier molecular flexibility index (Phi) is 26.5. The molecule has 0 aliphatic heterocycles. The summed E-state index contributed by atoms with van der Waals surface area (Å²) in [4.78, 5) is 22.1. The van der Waals surface area contributed by atoms with E-state index in [9.17, 15) is 24.9 Å². The van der Waals surface area contributed by atoms with E-state index in [0.717, 1.165) is 32.2 Å². The molecule has 0 aliphatic rings. The molecule has 210 valence electrons. The number of hydrogen-bond donors (Lipinski definition) is 7. The van der Waals surface area contributed by atoms with Crippen LogP contribution >= 0.6 is 0 Å². The number of quaternary nitrogens is 1. The molecule has 0 unspecified atom stereocenters. The molecule has 0 rings (SSSR count). The van der Waals surface area contributed by atoms with Crippen LogP contribution in [0.3, 0.4) is 0 Å². The van der Waals surface area contributed by atoms with Crippen LogP contribution in [0.25, 0.3) is 0 Å². The average Bonchev–Trinajstić information content (AvgIpc) is 2.85. The quantitative estimate of drug-likeness (QED) is 0.110. The molecule has 0 aromatic heterocycles. The van der Waals surface area contributed by atoms with Crippen LogP contribution in [0.4, 0.5) is 0 Å². The summed E-state index contributed by atoms with van der Waals surface area (Å²) in [6.07, 6.45) is 11.5. The summed E-state index contributed by atoms with van der Waals surface area (Å²) in [7, 11) is 0. The summed E-state index contributed by atoms with van der Waals surface area (Å²) in [5.74, 6) is -2.67. The van der Waals surface area contributed by atoms with Gasteiger partial charge >= 0.3 is 5.97 Å². The fraction of sp³-hybridized carbons (Fsp3) is 0.923. The molecule has 35 heavy (non-hydrogen) atoms. The second-order valence-corrected chi connectivity index (χ2v) is 9.30. The summed E-state index contributed by atoms with van der Waals surface area (Å²) >= 11 is 0. The van der Waals surface area contributed by atoms with Crippen LogP contribution in [-0.2, 0) is 9.59 Å². The van der Waals surface area contributed by atoms with Crippen LogP contribution in [0, 0.1) is 0 Å². The van der Waals surface area contributed by atoms with Gasteiger partial charge in [0.2, 0.25) is 0 Å². The molecule has 4 atom stereocenters. The number of carbonyl (C=O) groups excluding carboxylic acids is 1. The Hall–Kier alpha value is -1.26. The lowest BCUT2D eigenvalue weighted by atomic mass is 10.0. The number of amides is 1. The molecule has 0 heterocycles. The van der Waals surface area contributed by atoms with E-state index in [1.54, 1.807) is 0 Å². The second-order valence-electron chi connectivity index (χ2n) is 9.30. The van der Waals surface area contributed by atoms with E-state index >= 15 is 0 Å². The zero-order valence-corrected chi connectivity index (χ0v) is 22.3. The largest absolute Gasteiger partial charge is 0.479 e. The maximum Gasteiger partial charge on any atom is 0.335 e. The second kappa shape index (κ2) is 25.8. The fourth-order valence-electron chi connectivity index (χ4n) is 3.56. The SMILES string of the molecule is CCCCCCCCCCNC(=O)[C@@H](O)[C@H](O)[C@@H](O)[C@@H](O)C(=O)O.CCCCCCCCCC[NH3+]. The number of carboxylic acids is 1. The average molecular weight is 508 g/mol. The monoisotopic (exact) mass is 507 g/mol. The van der Waals surface area contributed by atoms with E-state index in [-0.39, 0.29) is 0 Å². The van der Waals surface area contributed by atoms with Crippen molar-refractivity contribution in [2.24, 2.45) is 0 Å². The first-order chi connectivity index (χ1) is 16.7. The Morgan fingerprint density at radius 1 is 0.629 bits per heavy atom. The molecule has 0 spiro atoms. The van der Waals surface area contributed by atoms with Crippen molar-refractivity contribution in [1.82, 2.24) is 5.32 Å². The third-order valence-corrected chi connectivity index (χ3v) is 5.95. The number of unbranched alkanes of at least 4 members (excludes halogenated alkanes) is 14. The predicted molar refractivity (Wildman–Crippen MR) is 138 cm³/mol. The standard InChI is InChI=1S/C16H31NO7.C10H23N/c1-2-3-4-5-6-7-8-9-10-17-15(22)13(20)11(18)12(19)14(21)16(23)24;1-2-3-4-5-6-7-8-9-10-11/h11-14,18-21H,2-10H2,1H3,(H,17,22)(H,23,24);2-11H2,1H3/p+1/t11-,12-,13+,14-;/m1./s1. The Bertz CT molecular complexity index is 486. The highest BCUT2D eigenvalue weighted by atomic mass is 16.4. The van der Waals surface area contributed by atoms with Gasteiger partial charge in [-0.25, -0.2) is 4.79 Å². The van der Waals surface area contributed by atoms with Crippen molar-refractivity contribution in [3.8, 4) is 0 Å². The maximum atomic E-state index is 11.6. The van der Waals surface area contributed by atoms with Crippen molar-refractivity contribution in [2.45, 2.75) is 141 Å². The number of carbonyl (C=O) groups is 2. The van der Waals surface area contributed by atoms with Crippen LogP contribution in [-0.4, -0.2) is 74.9 Å². The lowest BCUT2D eigenvalue weighted by Crippen LogP contribution is -2.52.